The lowest BCUT2D eigenvalue weighted by Gasteiger charge is -2.51. The van der Waals surface area contributed by atoms with E-state index >= 15 is 0 Å². The van der Waals surface area contributed by atoms with E-state index in [1.807, 2.05) is 0 Å². The lowest BCUT2D eigenvalue weighted by atomic mass is 9.32. The van der Waals surface area contributed by atoms with E-state index in [-0.39, 0.29) is 39.2 Å². The highest BCUT2D eigenvalue weighted by atomic mass is 15.2. The molecule has 0 N–H and O–H groups in total. The minimum atomic E-state index is -0.0149. The van der Waals surface area contributed by atoms with E-state index in [1.165, 1.54) is 83.9 Å². The molecule has 8 rings (SSSR count). The van der Waals surface area contributed by atoms with Gasteiger partial charge in [0.1, 0.15) is 0 Å². The van der Waals surface area contributed by atoms with Crippen LogP contribution in [0.4, 0.5) is 34.1 Å². The minimum Gasteiger partial charge on any atom is -0.311 e. The fourth-order valence-electron chi connectivity index (χ4n) is 9.88. The Morgan fingerprint density at radius 1 is 0.439 bits per heavy atom. The first-order valence-electron chi connectivity index (χ1n) is 21.6. The number of benzene rings is 5. The van der Waals surface area contributed by atoms with Crippen LogP contribution >= 0.6 is 0 Å². The molecule has 3 aliphatic rings. The first-order valence-corrected chi connectivity index (χ1v) is 21.6. The van der Waals surface area contributed by atoms with Crippen molar-refractivity contribution in [3.8, 4) is 0 Å². The van der Waals surface area contributed by atoms with Gasteiger partial charge in [-0.2, -0.15) is 0 Å². The third-order valence-electron chi connectivity index (χ3n) is 13.7. The Morgan fingerprint density at radius 3 is 1.26 bits per heavy atom. The number of fused-ring (bicyclic) bond motifs is 6. The molecule has 57 heavy (non-hydrogen) atoms. The van der Waals surface area contributed by atoms with Crippen LogP contribution in [0.3, 0.4) is 0 Å². The molecule has 2 aliphatic heterocycles. The summed E-state index contributed by atoms with van der Waals surface area (Å²) in [5.74, 6) is 0. The Bertz CT molecular complexity index is 2360. The molecule has 2 nitrogen and oxygen atoms in total. The highest BCUT2D eigenvalue weighted by Gasteiger charge is 2.50. The lowest BCUT2D eigenvalue weighted by Crippen LogP contribution is -2.62. The standard InChI is InChI=1S/C54H67BN2/c1-49(2,3)34-17-23-38(24-18-34)56-43-27-21-36(51(7,8)9)31-41(43)55-42-32-37(52(10,11)12)22-28-44(42)57(39-25-19-35(20-26-39)50(4,5)6)48-46-40(33-45(56)47(48)55)53(13,14)29-30-54(46,15)16/h17-28,31-33H,29-30H2,1-16H3. The SMILES string of the molecule is CC(C)(C)c1ccc(N2c3ccc(C(C)(C)C)cc3B3c4cc(C(C)(C)C)ccc4N(c4ccc(C(C)(C)C)cc4)c4c3c2cc2c4C(C)(C)CCC2(C)C)cc1. The van der Waals surface area contributed by atoms with Crippen molar-refractivity contribution in [1.29, 1.82) is 0 Å². The second-order valence-electron chi connectivity index (χ2n) is 23.1. The molecule has 0 fully saturated rings. The van der Waals surface area contributed by atoms with Crippen molar-refractivity contribution in [1.82, 2.24) is 0 Å². The first-order chi connectivity index (χ1) is 26.3. The maximum Gasteiger partial charge on any atom is 0.252 e. The van der Waals surface area contributed by atoms with Gasteiger partial charge in [-0.05, 0) is 138 Å². The Hall–Kier alpha value is -4.24. The van der Waals surface area contributed by atoms with Gasteiger partial charge in [-0.15, -0.1) is 0 Å². The van der Waals surface area contributed by atoms with E-state index in [0.717, 1.165) is 12.8 Å². The molecule has 0 amide bonds. The number of rotatable bonds is 2. The van der Waals surface area contributed by atoms with Crippen molar-refractivity contribution < 1.29 is 0 Å². The molecular formula is C54H67BN2. The van der Waals surface area contributed by atoms with Crippen molar-refractivity contribution in [2.45, 2.75) is 156 Å². The average molecular weight is 755 g/mol. The summed E-state index contributed by atoms with van der Waals surface area (Å²) in [6, 6.07) is 36.5. The van der Waals surface area contributed by atoms with E-state index in [2.05, 4.69) is 212 Å². The molecule has 0 unspecified atom stereocenters. The molecule has 0 saturated carbocycles. The van der Waals surface area contributed by atoms with Crippen LogP contribution in [0.15, 0.2) is 91.0 Å². The lowest BCUT2D eigenvalue weighted by molar-refractivity contribution is 0.333. The fraction of sp³-hybridized carbons (Fsp3) is 0.444. The molecule has 296 valence electrons. The van der Waals surface area contributed by atoms with Gasteiger partial charge in [0.05, 0.1) is 0 Å². The van der Waals surface area contributed by atoms with Crippen molar-refractivity contribution in [2.24, 2.45) is 0 Å². The van der Waals surface area contributed by atoms with Gasteiger partial charge in [0, 0.05) is 34.1 Å². The number of hydrogen-bond acceptors (Lipinski definition) is 2. The molecule has 0 radical (unpaired) electrons. The van der Waals surface area contributed by atoms with Gasteiger partial charge in [-0.25, -0.2) is 0 Å². The normalized spacial score (nSPS) is 17.2. The largest absolute Gasteiger partial charge is 0.311 e. The number of anilines is 6. The van der Waals surface area contributed by atoms with Crippen molar-refractivity contribution in [2.75, 3.05) is 9.80 Å². The monoisotopic (exact) mass is 755 g/mol. The summed E-state index contributed by atoms with van der Waals surface area (Å²) in [6.07, 6.45) is 2.31. The zero-order valence-corrected chi connectivity index (χ0v) is 38.0. The van der Waals surface area contributed by atoms with Gasteiger partial charge in [0.25, 0.3) is 6.71 Å². The quantitative estimate of drug-likeness (QED) is 0.162. The van der Waals surface area contributed by atoms with Crippen LogP contribution in [-0.2, 0) is 32.5 Å². The summed E-state index contributed by atoms with van der Waals surface area (Å²) in [7, 11) is 0. The number of nitrogens with zero attached hydrogens (tertiary/aromatic N) is 2. The second-order valence-corrected chi connectivity index (χ2v) is 23.1. The van der Waals surface area contributed by atoms with Crippen LogP contribution in [0.25, 0.3) is 0 Å². The van der Waals surface area contributed by atoms with E-state index in [4.69, 9.17) is 0 Å². The van der Waals surface area contributed by atoms with Crippen LogP contribution < -0.4 is 26.2 Å². The van der Waals surface area contributed by atoms with E-state index in [0.29, 0.717) is 0 Å². The van der Waals surface area contributed by atoms with Crippen LogP contribution in [0, 0.1) is 0 Å². The smallest absolute Gasteiger partial charge is 0.252 e. The van der Waals surface area contributed by atoms with Gasteiger partial charge in [-0.1, -0.05) is 159 Å². The van der Waals surface area contributed by atoms with E-state index in [1.54, 1.807) is 0 Å². The molecule has 1 aliphatic carbocycles. The van der Waals surface area contributed by atoms with Crippen molar-refractivity contribution in [3.63, 3.8) is 0 Å². The molecule has 0 bridgehead atoms. The topological polar surface area (TPSA) is 6.48 Å². The molecule has 5 aromatic rings. The number of hydrogen-bond donors (Lipinski definition) is 0. The molecule has 3 heteroatoms. The van der Waals surface area contributed by atoms with Crippen LogP contribution in [0.5, 0.6) is 0 Å². The Morgan fingerprint density at radius 2 is 0.825 bits per heavy atom. The van der Waals surface area contributed by atoms with Gasteiger partial charge in [0.2, 0.25) is 0 Å². The maximum absolute atomic E-state index is 2.69. The Kier molecular flexibility index (Phi) is 8.77. The van der Waals surface area contributed by atoms with Crippen LogP contribution in [0.2, 0.25) is 0 Å². The summed E-state index contributed by atoms with van der Waals surface area (Å²) in [5, 5.41) is 0. The summed E-state index contributed by atoms with van der Waals surface area (Å²) < 4.78 is 0. The molecule has 5 aromatic carbocycles. The average Bonchev–Trinajstić information content (AvgIpc) is 3.11. The van der Waals surface area contributed by atoms with Crippen LogP contribution in [0.1, 0.15) is 157 Å². The highest BCUT2D eigenvalue weighted by Crippen LogP contribution is 2.55. The van der Waals surface area contributed by atoms with Gasteiger partial charge < -0.3 is 9.80 Å². The fourth-order valence-corrected chi connectivity index (χ4v) is 9.88. The predicted octanol–water partition coefficient (Wildman–Crippen LogP) is 13.3. The second kappa shape index (κ2) is 12.6. The molecule has 0 spiro atoms. The van der Waals surface area contributed by atoms with E-state index < -0.39 is 0 Å². The first kappa shape index (κ1) is 39.6. The Balaban J connectivity index is 1.56. The summed E-state index contributed by atoms with van der Waals surface area (Å²) in [4.78, 5) is 5.31. The highest BCUT2D eigenvalue weighted by molar-refractivity contribution is 7.00. The van der Waals surface area contributed by atoms with Gasteiger partial charge in [0.15, 0.2) is 0 Å². The third kappa shape index (κ3) is 6.47. The van der Waals surface area contributed by atoms with Crippen LogP contribution in [-0.4, -0.2) is 6.71 Å². The molecule has 0 atom stereocenters. The predicted molar refractivity (Wildman–Crippen MR) is 251 cm³/mol. The molecule has 2 heterocycles. The van der Waals surface area contributed by atoms with Gasteiger partial charge >= 0.3 is 0 Å². The Labute approximate surface area is 346 Å². The zero-order chi connectivity index (χ0) is 41.4. The molecule has 0 saturated heterocycles. The zero-order valence-electron chi connectivity index (χ0n) is 38.0. The molecule has 0 aromatic heterocycles. The minimum absolute atomic E-state index is 0.00474. The maximum atomic E-state index is 2.69. The van der Waals surface area contributed by atoms with Crippen molar-refractivity contribution in [3.05, 3.63) is 124 Å². The van der Waals surface area contributed by atoms with E-state index in [9.17, 15) is 0 Å². The summed E-state index contributed by atoms with van der Waals surface area (Å²) in [5.41, 5.74) is 20.6. The summed E-state index contributed by atoms with van der Waals surface area (Å²) in [6.45, 7) is 38.1. The van der Waals surface area contributed by atoms with Gasteiger partial charge in [-0.3, -0.25) is 0 Å². The molecular weight excluding hydrogens is 687 g/mol. The summed E-state index contributed by atoms with van der Waals surface area (Å²) >= 11 is 0. The van der Waals surface area contributed by atoms with Crippen molar-refractivity contribution >= 4 is 57.2 Å². The third-order valence-corrected chi connectivity index (χ3v) is 13.7.